The van der Waals surface area contributed by atoms with Crippen molar-refractivity contribution in [3.05, 3.63) is 35.5 Å². The van der Waals surface area contributed by atoms with Crippen molar-refractivity contribution < 1.29 is 14.3 Å². The molecule has 0 spiro atoms. The van der Waals surface area contributed by atoms with E-state index in [0.717, 1.165) is 44.5 Å². The van der Waals surface area contributed by atoms with E-state index in [1.165, 1.54) is 19.3 Å². The summed E-state index contributed by atoms with van der Waals surface area (Å²) in [4.78, 5) is 19.4. The molecule has 2 fully saturated rings. The molecule has 0 atom stereocenters. The van der Waals surface area contributed by atoms with Gasteiger partial charge in [-0.05, 0) is 37.1 Å². The van der Waals surface area contributed by atoms with Gasteiger partial charge in [-0.3, -0.25) is 14.7 Å². The summed E-state index contributed by atoms with van der Waals surface area (Å²) >= 11 is 6.23. The summed E-state index contributed by atoms with van der Waals surface area (Å²) in [6, 6.07) is 7.27. The fraction of sp³-hybridized carbons (Fsp3) is 0.545. The molecular weight excluding hydrogens is 390 g/mol. The number of hydrogen-bond acceptors (Lipinski definition) is 5. The molecule has 0 radical (unpaired) electrons. The fourth-order valence-electron chi connectivity index (χ4n) is 4.54. The lowest BCUT2D eigenvalue weighted by molar-refractivity contribution is -0.124. The number of nitrogens with one attached hydrogen (secondary N) is 1. The first-order valence-corrected chi connectivity index (χ1v) is 10.8. The highest BCUT2D eigenvalue weighted by atomic mass is 35.5. The van der Waals surface area contributed by atoms with Crippen molar-refractivity contribution in [3.8, 4) is 5.75 Å². The summed E-state index contributed by atoms with van der Waals surface area (Å²) in [5, 5.41) is 4.57. The highest BCUT2D eigenvalue weighted by molar-refractivity contribution is 6.35. The van der Waals surface area contributed by atoms with Crippen LogP contribution in [-0.2, 0) is 9.53 Å². The molecule has 1 saturated carbocycles. The predicted octanol–water partition coefficient (Wildman–Crippen LogP) is 3.42. The Kier molecular flexibility index (Phi) is 6.53. The van der Waals surface area contributed by atoms with Crippen molar-refractivity contribution in [2.45, 2.75) is 37.6 Å². The average molecular weight is 418 g/mol. The van der Waals surface area contributed by atoms with Crippen molar-refractivity contribution in [3.63, 3.8) is 0 Å². The van der Waals surface area contributed by atoms with Crippen LogP contribution in [0.25, 0.3) is 10.9 Å². The minimum Gasteiger partial charge on any atom is -0.481 e. The third kappa shape index (κ3) is 4.65. The smallest absolute Gasteiger partial charge is 0.258 e. The van der Waals surface area contributed by atoms with E-state index in [2.05, 4.69) is 15.2 Å². The minimum absolute atomic E-state index is 0.0352. The molecule has 156 valence electrons. The number of halogens is 1. The Bertz CT molecular complexity index is 848. The van der Waals surface area contributed by atoms with Gasteiger partial charge in [-0.1, -0.05) is 30.9 Å². The third-order valence-corrected chi connectivity index (χ3v) is 6.45. The lowest BCUT2D eigenvalue weighted by Gasteiger charge is -2.48. The van der Waals surface area contributed by atoms with E-state index in [1.807, 2.05) is 12.1 Å². The van der Waals surface area contributed by atoms with Gasteiger partial charge >= 0.3 is 0 Å². The van der Waals surface area contributed by atoms with Gasteiger partial charge in [-0.15, -0.1) is 0 Å². The Morgan fingerprint density at radius 3 is 2.79 bits per heavy atom. The summed E-state index contributed by atoms with van der Waals surface area (Å²) < 4.78 is 11.3. The minimum atomic E-state index is -0.109. The van der Waals surface area contributed by atoms with Gasteiger partial charge in [0.1, 0.15) is 11.3 Å². The topological polar surface area (TPSA) is 63.7 Å². The number of pyridine rings is 1. The van der Waals surface area contributed by atoms with Crippen LogP contribution >= 0.6 is 11.6 Å². The lowest BCUT2D eigenvalue weighted by Crippen LogP contribution is -2.60. The van der Waals surface area contributed by atoms with Gasteiger partial charge in [-0.2, -0.15) is 0 Å². The van der Waals surface area contributed by atoms with Crippen molar-refractivity contribution in [2.75, 3.05) is 39.5 Å². The highest BCUT2D eigenvalue weighted by Gasteiger charge is 2.38. The highest BCUT2D eigenvalue weighted by Crippen LogP contribution is 2.34. The van der Waals surface area contributed by atoms with Crippen molar-refractivity contribution in [1.29, 1.82) is 0 Å². The number of morpholine rings is 1. The number of fused-ring (bicyclic) bond motifs is 1. The molecule has 1 amide bonds. The van der Waals surface area contributed by atoms with Gasteiger partial charge in [0, 0.05) is 36.8 Å². The Morgan fingerprint density at radius 1 is 1.21 bits per heavy atom. The second-order valence-corrected chi connectivity index (χ2v) is 8.30. The molecule has 1 aliphatic heterocycles. The van der Waals surface area contributed by atoms with E-state index >= 15 is 0 Å². The van der Waals surface area contributed by atoms with E-state index in [1.54, 1.807) is 18.3 Å². The van der Waals surface area contributed by atoms with E-state index in [0.29, 0.717) is 22.8 Å². The summed E-state index contributed by atoms with van der Waals surface area (Å²) in [7, 11) is 0. The first-order chi connectivity index (χ1) is 14.2. The largest absolute Gasteiger partial charge is 0.481 e. The standard InChI is InChI=1S/C22H28ClN3O3/c23-18-6-7-19(21-17(18)5-4-10-24-21)29-15-20(27)25-16-22(8-2-1-3-9-22)26-11-13-28-14-12-26/h4-7,10H,1-3,8-9,11-16H2,(H,25,27). The SMILES string of the molecule is O=C(COc1ccc(Cl)c2cccnc12)NCC1(N2CCOCC2)CCCCC1. The zero-order chi connectivity index (χ0) is 20.1. The summed E-state index contributed by atoms with van der Waals surface area (Å²) in [5.41, 5.74) is 0.719. The molecular formula is C22H28ClN3O3. The van der Waals surface area contributed by atoms with Gasteiger partial charge in [0.2, 0.25) is 0 Å². The van der Waals surface area contributed by atoms with Crippen molar-refractivity contribution in [2.24, 2.45) is 0 Å². The van der Waals surface area contributed by atoms with E-state index in [4.69, 9.17) is 21.1 Å². The van der Waals surface area contributed by atoms with Crippen LogP contribution in [-0.4, -0.2) is 60.8 Å². The third-order valence-electron chi connectivity index (χ3n) is 6.12. The van der Waals surface area contributed by atoms with E-state index in [-0.39, 0.29) is 18.1 Å². The van der Waals surface area contributed by atoms with Crippen LogP contribution < -0.4 is 10.1 Å². The maximum absolute atomic E-state index is 12.6. The van der Waals surface area contributed by atoms with Crippen LogP contribution in [0, 0.1) is 0 Å². The van der Waals surface area contributed by atoms with E-state index in [9.17, 15) is 4.79 Å². The second-order valence-electron chi connectivity index (χ2n) is 7.89. The molecule has 1 aromatic carbocycles. The zero-order valence-electron chi connectivity index (χ0n) is 16.7. The number of aromatic nitrogens is 1. The number of carbonyl (C=O) groups is 1. The number of amides is 1. The number of carbonyl (C=O) groups excluding carboxylic acids is 1. The maximum Gasteiger partial charge on any atom is 0.258 e. The number of ether oxygens (including phenoxy) is 2. The zero-order valence-corrected chi connectivity index (χ0v) is 17.4. The van der Waals surface area contributed by atoms with E-state index < -0.39 is 0 Å². The number of benzene rings is 1. The molecule has 4 rings (SSSR count). The first-order valence-electron chi connectivity index (χ1n) is 10.4. The molecule has 1 aromatic heterocycles. The van der Waals surface area contributed by atoms with Crippen LogP contribution in [0.4, 0.5) is 0 Å². The molecule has 2 aliphatic rings. The Hall–Kier alpha value is -1.89. The van der Waals surface area contributed by atoms with Gasteiger partial charge in [0.05, 0.1) is 18.2 Å². The van der Waals surface area contributed by atoms with Gasteiger partial charge in [0.15, 0.2) is 6.61 Å². The number of hydrogen-bond donors (Lipinski definition) is 1. The molecule has 1 aliphatic carbocycles. The Morgan fingerprint density at radius 2 is 2.00 bits per heavy atom. The maximum atomic E-state index is 12.6. The van der Waals surface area contributed by atoms with Crippen LogP contribution in [0.5, 0.6) is 5.75 Å². The monoisotopic (exact) mass is 417 g/mol. The van der Waals surface area contributed by atoms with Gasteiger partial charge in [-0.25, -0.2) is 0 Å². The normalized spacial score (nSPS) is 19.8. The van der Waals surface area contributed by atoms with Gasteiger partial charge < -0.3 is 14.8 Å². The van der Waals surface area contributed by atoms with Crippen LogP contribution in [0.2, 0.25) is 5.02 Å². The first kappa shape index (κ1) is 20.4. The van der Waals surface area contributed by atoms with Crippen molar-refractivity contribution >= 4 is 28.4 Å². The molecule has 29 heavy (non-hydrogen) atoms. The number of rotatable bonds is 6. The molecule has 0 unspecified atom stereocenters. The Balaban J connectivity index is 1.37. The molecule has 1 saturated heterocycles. The summed E-state index contributed by atoms with van der Waals surface area (Å²) in [6.45, 7) is 4.05. The molecule has 7 heteroatoms. The van der Waals surface area contributed by atoms with Crippen LogP contribution in [0.1, 0.15) is 32.1 Å². The van der Waals surface area contributed by atoms with Crippen molar-refractivity contribution in [1.82, 2.24) is 15.2 Å². The quantitative estimate of drug-likeness (QED) is 0.780. The molecule has 2 aromatic rings. The molecule has 6 nitrogen and oxygen atoms in total. The Labute approximate surface area is 176 Å². The van der Waals surface area contributed by atoms with Crippen LogP contribution in [0.15, 0.2) is 30.5 Å². The number of nitrogens with zero attached hydrogens (tertiary/aromatic N) is 2. The second kappa shape index (κ2) is 9.28. The van der Waals surface area contributed by atoms with Crippen LogP contribution in [0.3, 0.4) is 0 Å². The average Bonchev–Trinajstić information content (AvgIpc) is 2.79. The molecule has 0 bridgehead atoms. The van der Waals surface area contributed by atoms with Gasteiger partial charge in [0.25, 0.3) is 5.91 Å². The fourth-order valence-corrected chi connectivity index (χ4v) is 4.75. The predicted molar refractivity (Wildman–Crippen MR) is 113 cm³/mol. The molecule has 1 N–H and O–H groups in total. The molecule has 2 heterocycles. The summed E-state index contributed by atoms with van der Waals surface area (Å²) in [6.07, 6.45) is 7.65. The lowest BCUT2D eigenvalue weighted by atomic mass is 9.79. The summed E-state index contributed by atoms with van der Waals surface area (Å²) in [5.74, 6) is 0.461.